The van der Waals surface area contributed by atoms with Gasteiger partial charge in [-0.05, 0) is 31.5 Å². The van der Waals surface area contributed by atoms with Crippen molar-refractivity contribution >= 4 is 11.9 Å². The van der Waals surface area contributed by atoms with E-state index < -0.39 is 17.9 Å². The van der Waals surface area contributed by atoms with Crippen LogP contribution in [0.2, 0.25) is 0 Å². The lowest BCUT2D eigenvalue weighted by molar-refractivity contribution is -0.148. The second kappa shape index (κ2) is 6.70. The highest BCUT2D eigenvalue weighted by molar-refractivity contribution is 6.01. The van der Waals surface area contributed by atoms with Gasteiger partial charge in [0.2, 0.25) is 5.91 Å². The van der Waals surface area contributed by atoms with Crippen molar-refractivity contribution in [2.24, 2.45) is 5.73 Å². The van der Waals surface area contributed by atoms with E-state index in [0.717, 1.165) is 5.56 Å². The van der Waals surface area contributed by atoms with E-state index >= 15 is 0 Å². The van der Waals surface area contributed by atoms with Crippen LogP contribution in [-0.2, 0) is 14.3 Å². The van der Waals surface area contributed by atoms with Gasteiger partial charge in [-0.15, -0.1) is 0 Å². The van der Waals surface area contributed by atoms with Gasteiger partial charge in [-0.2, -0.15) is 0 Å². The summed E-state index contributed by atoms with van der Waals surface area (Å²) in [6, 6.07) is 2.01. The van der Waals surface area contributed by atoms with E-state index in [2.05, 4.69) is 15.0 Å². The van der Waals surface area contributed by atoms with Crippen molar-refractivity contribution < 1.29 is 14.3 Å². The lowest BCUT2D eigenvalue weighted by atomic mass is 10.1. The standard InChI is InChI=1S/C12H17N3O3/c1-3-18-12(17)10(13)11(16)15-8(2)9-4-6-14-7-5-9/h4-8,10H,3,13H2,1-2H3,(H,15,16)/t8-,10?/m0/s1. The molecule has 0 saturated carbocycles. The smallest absolute Gasteiger partial charge is 0.332 e. The van der Waals surface area contributed by atoms with Gasteiger partial charge in [0.1, 0.15) is 0 Å². The van der Waals surface area contributed by atoms with Crippen LogP contribution in [-0.4, -0.2) is 29.5 Å². The maximum atomic E-state index is 11.7. The Kier molecular flexibility index (Phi) is 5.26. The Bertz CT molecular complexity index is 408. The molecule has 0 fully saturated rings. The molecule has 6 heteroatoms. The van der Waals surface area contributed by atoms with Crippen molar-refractivity contribution in [3.8, 4) is 0 Å². The molecule has 1 unspecified atom stereocenters. The number of hydrogen-bond donors (Lipinski definition) is 2. The first-order chi connectivity index (χ1) is 8.56. The maximum absolute atomic E-state index is 11.7. The lowest BCUT2D eigenvalue weighted by Gasteiger charge is -2.16. The van der Waals surface area contributed by atoms with Crippen molar-refractivity contribution in [1.29, 1.82) is 0 Å². The fraction of sp³-hybridized carbons (Fsp3) is 0.417. The number of carbonyl (C=O) groups is 2. The van der Waals surface area contributed by atoms with Gasteiger partial charge in [0.05, 0.1) is 12.6 Å². The minimum Gasteiger partial charge on any atom is -0.464 e. The van der Waals surface area contributed by atoms with Gasteiger partial charge < -0.3 is 15.8 Å². The molecule has 2 atom stereocenters. The van der Waals surface area contributed by atoms with Crippen molar-refractivity contribution in [3.63, 3.8) is 0 Å². The molecular weight excluding hydrogens is 234 g/mol. The molecule has 0 aromatic carbocycles. The summed E-state index contributed by atoms with van der Waals surface area (Å²) in [4.78, 5) is 26.9. The van der Waals surface area contributed by atoms with Crippen molar-refractivity contribution in [3.05, 3.63) is 30.1 Å². The third kappa shape index (κ3) is 3.81. The average molecular weight is 251 g/mol. The molecular formula is C12H17N3O3. The Labute approximate surface area is 106 Å². The molecule has 0 aliphatic rings. The fourth-order valence-electron chi connectivity index (χ4n) is 1.38. The zero-order chi connectivity index (χ0) is 13.5. The number of pyridine rings is 1. The van der Waals surface area contributed by atoms with Crippen LogP contribution in [0.4, 0.5) is 0 Å². The summed E-state index contributed by atoms with van der Waals surface area (Å²) >= 11 is 0. The summed E-state index contributed by atoms with van der Waals surface area (Å²) in [5, 5.41) is 2.64. The monoisotopic (exact) mass is 251 g/mol. The molecule has 0 aliphatic carbocycles. The molecule has 0 spiro atoms. The van der Waals surface area contributed by atoms with Crippen LogP contribution in [0.5, 0.6) is 0 Å². The molecule has 3 N–H and O–H groups in total. The first kappa shape index (κ1) is 14.1. The van der Waals surface area contributed by atoms with E-state index in [9.17, 15) is 9.59 Å². The molecule has 1 aromatic rings. The molecule has 0 bridgehead atoms. The number of rotatable bonds is 5. The highest BCUT2D eigenvalue weighted by Gasteiger charge is 2.24. The van der Waals surface area contributed by atoms with Crippen molar-refractivity contribution in [2.75, 3.05) is 6.61 Å². The number of aromatic nitrogens is 1. The first-order valence-electron chi connectivity index (χ1n) is 5.68. The molecule has 0 saturated heterocycles. The Morgan fingerprint density at radius 2 is 2.06 bits per heavy atom. The van der Waals surface area contributed by atoms with Crippen LogP contribution in [0, 0.1) is 0 Å². The Morgan fingerprint density at radius 3 is 2.61 bits per heavy atom. The van der Waals surface area contributed by atoms with Gasteiger partial charge >= 0.3 is 5.97 Å². The van der Waals surface area contributed by atoms with E-state index in [0.29, 0.717) is 0 Å². The molecule has 6 nitrogen and oxygen atoms in total. The Hall–Kier alpha value is -1.95. The summed E-state index contributed by atoms with van der Waals surface area (Å²) in [6.07, 6.45) is 3.26. The number of nitrogens with zero attached hydrogens (tertiary/aromatic N) is 1. The topological polar surface area (TPSA) is 94.3 Å². The Morgan fingerprint density at radius 1 is 1.44 bits per heavy atom. The van der Waals surface area contributed by atoms with Crippen LogP contribution in [0.1, 0.15) is 25.5 Å². The molecule has 98 valence electrons. The minimum absolute atomic E-state index is 0.194. The number of ether oxygens (including phenoxy) is 1. The van der Waals surface area contributed by atoms with Gasteiger partial charge in [-0.25, -0.2) is 4.79 Å². The molecule has 1 amide bonds. The molecule has 1 aromatic heterocycles. The number of nitrogens with one attached hydrogen (secondary N) is 1. The van der Waals surface area contributed by atoms with Crippen LogP contribution < -0.4 is 11.1 Å². The van der Waals surface area contributed by atoms with E-state index in [-0.39, 0.29) is 12.6 Å². The van der Waals surface area contributed by atoms with E-state index in [4.69, 9.17) is 5.73 Å². The average Bonchev–Trinajstić information content (AvgIpc) is 2.39. The third-order valence-electron chi connectivity index (χ3n) is 2.39. The molecule has 0 aliphatic heterocycles. The van der Waals surface area contributed by atoms with Gasteiger partial charge in [-0.1, -0.05) is 0 Å². The normalized spacial score (nSPS) is 13.5. The molecule has 1 heterocycles. The van der Waals surface area contributed by atoms with Gasteiger partial charge in [0.25, 0.3) is 0 Å². The van der Waals surface area contributed by atoms with Crippen LogP contribution >= 0.6 is 0 Å². The SMILES string of the molecule is CCOC(=O)C(N)C(=O)N[C@@H](C)c1ccncc1. The molecule has 1 rings (SSSR count). The first-order valence-corrected chi connectivity index (χ1v) is 5.68. The summed E-state index contributed by atoms with van der Waals surface area (Å²) in [5.74, 6) is -1.28. The van der Waals surface area contributed by atoms with E-state index in [1.165, 1.54) is 0 Å². The molecule has 0 radical (unpaired) electrons. The maximum Gasteiger partial charge on any atom is 0.332 e. The quantitative estimate of drug-likeness (QED) is 0.574. The summed E-state index contributed by atoms with van der Waals surface area (Å²) in [7, 11) is 0. The van der Waals surface area contributed by atoms with Crippen LogP contribution in [0.3, 0.4) is 0 Å². The summed E-state index contributed by atoms with van der Waals surface area (Å²) in [5.41, 5.74) is 6.36. The second-order valence-corrected chi connectivity index (χ2v) is 3.74. The summed E-state index contributed by atoms with van der Waals surface area (Å²) < 4.78 is 4.68. The lowest BCUT2D eigenvalue weighted by Crippen LogP contribution is -2.47. The van der Waals surface area contributed by atoms with Crippen LogP contribution in [0.15, 0.2) is 24.5 Å². The van der Waals surface area contributed by atoms with Crippen LogP contribution in [0.25, 0.3) is 0 Å². The van der Waals surface area contributed by atoms with Gasteiger partial charge in [0.15, 0.2) is 6.04 Å². The third-order valence-corrected chi connectivity index (χ3v) is 2.39. The number of hydrogen-bond acceptors (Lipinski definition) is 5. The van der Waals surface area contributed by atoms with E-state index in [1.807, 2.05) is 0 Å². The van der Waals surface area contributed by atoms with E-state index in [1.54, 1.807) is 38.4 Å². The Balaban J connectivity index is 2.57. The fourth-order valence-corrected chi connectivity index (χ4v) is 1.38. The zero-order valence-electron chi connectivity index (χ0n) is 10.4. The zero-order valence-corrected chi connectivity index (χ0v) is 10.4. The van der Waals surface area contributed by atoms with Crippen molar-refractivity contribution in [1.82, 2.24) is 10.3 Å². The van der Waals surface area contributed by atoms with Gasteiger partial charge in [0, 0.05) is 12.4 Å². The number of carbonyl (C=O) groups excluding carboxylic acids is 2. The highest BCUT2D eigenvalue weighted by Crippen LogP contribution is 2.10. The highest BCUT2D eigenvalue weighted by atomic mass is 16.5. The number of nitrogens with two attached hydrogens (primary N) is 1. The number of esters is 1. The van der Waals surface area contributed by atoms with Gasteiger partial charge in [-0.3, -0.25) is 9.78 Å². The number of amides is 1. The summed E-state index contributed by atoms with van der Waals surface area (Å²) in [6.45, 7) is 3.65. The predicted octanol–water partition coefficient (Wildman–Crippen LogP) is 0.149. The van der Waals surface area contributed by atoms with Crippen molar-refractivity contribution in [2.45, 2.75) is 25.9 Å². The second-order valence-electron chi connectivity index (χ2n) is 3.74. The predicted molar refractivity (Wildman–Crippen MR) is 65.4 cm³/mol. The minimum atomic E-state index is -1.30. The largest absolute Gasteiger partial charge is 0.464 e. The molecule has 18 heavy (non-hydrogen) atoms.